The highest BCUT2D eigenvalue weighted by Crippen LogP contribution is 2.26. The van der Waals surface area contributed by atoms with Gasteiger partial charge in [-0.1, -0.05) is 24.9 Å². The van der Waals surface area contributed by atoms with Crippen LogP contribution in [0.2, 0.25) is 5.02 Å². The molecule has 1 aliphatic heterocycles. The van der Waals surface area contributed by atoms with Crippen LogP contribution in [0.4, 0.5) is 0 Å². The Balaban J connectivity index is 2.08. The number of aromatic nitrogens is 2. The van der Waals surface area contributed by atoms with Gasteiger partial charge in [0.25, 0.3) is 5.56 Å². The molecular formula is C19H27ClN4O. The molecule has 0 bridgehead atoms. The second-order valence-electron chi connectivity index (χ2n) is 7.00. The molecule has 0 unspecified atom stereocenters. The Labute approximate surface area is 154 Å². The summed E-state index contributed by atoms with van der Waals surface area (Å²) in [4.78, 5) is 20.2. The zero-order chi connectivity index (χ0) is 18.0. The Morgan fingerprint density at radius 1 is 1.44 bits per heavy atom. The third kappa shape index (κ3) is 3.89. The van der Waals surface area contributed by atoms with E-state index in [9.17, 15) is 4.79 Å². The van der Waals surface area contributed by atoms with Gasteiger partial charge < -0.3 is 5.32 Å². The van der Waals surface area contributed by atoms with E-state index >= 15 is 0 Å². The Bertz CT molecular complexity index is 804. The smallest absolute Gasteiger partial charge is 0.261 e. The van der Waals surface area contributed by atoms with Gasteiger partial charge in [0.1, 0.15) is 5.82 Å². The first kappa shape index (κ1) is 18.4. The lowest BCUT2D eigenvalue weighted by atomic mass is 10.1. The van der Waals surface area contributed by atoms with E-state index in [0.29, 0.717) is 16.5 Å². The molecule has 1 N–H and O–H groups in total. The number of hydrogen-bond donors (Lipinski definition) is 1. The zero-order valence-electron chi connectivity index (χ0n) is 15.3. The van der Waals surface area contributed by atoms with Gasteiger partial charge in [-0.15, -0.1) is 0 Å². The number of halogens is 1. The summed E-state index contributed by atoms with van der Waals surface area (Å²) < 4.78 is 1.71. The maximum atomic E-state index is 12.9. The van der Waals surface area contributed by atoms with Gasteiger partial charge >= 0.3 is 0 Å². The second kappa shape index (κ2) is 7.85. The van der Waals surface area contributed by atoms with Crippen molar-refractivity contribution >= 4 is 22.5 Å². The van der Waals surface area contributed by atoms with E-state index in [1.54, 1.807) is 16.7 Å². The van der Waals surface area contributed by atoms with Crippen LogP contribution in [0.1, 0.15) is 45.0 Å². The molecule has 2 heterocycles. The highest BCUT2D eigenvalue weighted by Gasteiger charge is 2.26. The summed E-state index contributed by atoms with van der Waals surface area (Å²) in [5.74, 6) is 0.857. The Hall–Kier alpha value is -1.43. The van der Waals surface area contributed by atoms with Crippen molar-refractivity contribution in [3.05, 3.63) is 39.4 Å². The SMILES string of the molecule is CCC[C@H](c1nc2ccc(Cl)cc2c(=O)n1C)N1CCCN[C@@H](C)C1. The third-order valence-electron chi connectivity index (χ3n) is 5.00. The van der Waals surface area contributed by atoms with Crippen molar-refractivity contribution in [2.24, 2.45) is 7.05 Å². The van der Waals surface area contributed by atoms with Gasteiger partial charge in [0, 0.05) is 31.2 Å². The van der Waals surface area contributed by atoms with Crippen LogP contribution in [0.5, 0.6) is 0 Å². The summed E-state index contributed by atoms with van der Waals surface area (Å²) in [6, 6.07) is 5.96. The fourth-order valence-electron chi connectivity index (χ4n) is 3.73. The van der Waals surface area contributed by atoms with Crippen LogP contribution in [0.15, 0.2) is 23.0 Å². The van der Waals surface area contributed by atoms with Crippen molar-refractivity contribution < 1.29 is 0 Å². The quantitative estimate of drug-likeness (QED) is 0.907. The van der Waals surface area contributed by atoms with Gasteiger partial charge in [-0.05, 0) is 44.5 Å². The van der Waals surface area contributed by atoms with Gasteiger partial charge in [0.05, 0.1) is 16.9 Å². The van der Waals surface area contributed by atoms with Crippen LogP contribution in [0.3, 0.4) is 0 Å². The molecule has 0 spiro atoms. The number of fused-ring (bicyclic) bond motifs is 1. The van der Waals surface area contributed by atoms with E-state index in [1.165, 1.54) is 0 Å². The first-order valence-corrected chi connectivity index (χ1v) is 9.52. The molecule has 1 fully saturated rings. The molecule has 1 saturated heterocycles. The molecule has 0 amide bonds. The summed E-state index contributed by atoms with van der Waals surface area (Å²) in [5.41, 5.74) is 0.703. The first-order valence-electron chi connectivity index (χ1n) is 9.15. The summed E-state index contributed by atoms with van der Waals surface area (Å²) in [5, 5.41) is 4.69. The second-order valence-corrected chi connectivity index (χ2v) is 7.44. The van der Waals surface area contributed by atoms with Crippen LogP contribution in [-0.2, 0) is 7.05 Å². The van der Waals surface area contributed by atoms with Crippen molar-refractivity contribution in [2.45, 2.75) is 45.2 Å². The fraction of sp³-hybridized carbons (Fsp3) is 0.579. The lowest BCUT2D eigenvalue weighted by Crippen LogP contribution is -2.39. The highest BCUT2D eigenvalue weighted by molar-refractivity contribution is 6.31. The summed E-state index contributed by atoms with van der Waals surface area (Å²) >= 11 is 6.06. The number of nitrogens with zero attached hydrogens (tertiary/aromatic N) is 3. The predicted molar refractivity (Wildman–Crippen MR) is 103 cm³/mol. The average molecular weight is 363 g/mol. The molecule has 1 aromatic heterocycles. The van der Waals surface area contributed by atoms with E-state index in [4.69, 9.17) is 16.6 Å². The minimum Gasteiger partial charge on any atom is -0.313 e. The van der Waals surface area contributed by atoms with E-state index in [2.05, 4.69) is 24.1 Å². The topological polar surface area (TPSA) is 50.2 Å². The highest BCUT2D eigenvalue weighted by atomic mass is 35.5. The molecule has 0 radical (unpaired) electrons. The molecule has 6 heteroatoms. The van der Waals surface area contributed by atoms with Gasteiger partial charge in [-0.2, -0.15) is 0 Å². The molecule has 2 aromatic rings. The lowest BCUT2D eigenvalue weighted by Gasteiger charge is -2.32. The Kier molecular flexibility index (Phi) is 5.77. The van der Waals surface area contributed by atoms with Crippen molar-refractivity contribution in [3.8, 4) is 0 Å². The normalized spacial score (nSPS) is 20.6. The molecule has 3 rings (SSSR count). The van der Waals surface area contributed by atoms with Gasteiger partial charge in [-0.25, -0.2) is 4.98 Å². The predicted octanol–water partition coefficient (Wildman–Crippen LogP) is 3.11. The fourth-order valence-corrected chi connectivity index (χ4v) is 3.90. The Morgan fingerprint density at radius 2 is 2.24 bits per heavy atom. The van der Waals surface area contributed by atoms with Gasteiger partial charge in [0.2, 0.25) is 0 Å². The first-order chi connectivity index (χ1) is 12.0. The van der Waals surface area contributed by atoms with Crippen LogP contribution in [0.25, 0.3) is 10.9 Å². The van der Waals surface area contributed by atoms with Crippen LogP contribution in [-0.4, -0.2) is 40.1 Å². The molecule has 2 atom stereocenters. The zero-order valence-corrected chi connectivity index (χ0v) is 16.0. The largest absolute Gasteiger partial charge is 0.313 e. The van der Waals surface area contributed by atoms with Gasteiger partial charge in [-0.3, -0.25) is 14.3 Å². The van der Waals surface area contributed by atoms with Crippen LogP contribution in [0, 0.1) is 0 Å². The molecule has 1 aliphatic rings. The van der Waals surface area contributed by atoms with Crippen LogP contribution < -0.4 is 10.9 Å². The molecule has 1 aromatic carbocycles. The summed E-state index contributed by atoms with van der Waals surface area (Å²) in [6.45, 7) is 7.44. The van der Waals surface area contributed by atoms with E-state index in [1.807, 2.05) is 13.1 Å². The number of nitrogens with one attached hydrogen (secondary N) is 1. The summed E-state index contributed by atoms with van der Waals surface area (Å²) in [6.07, 6.45) is 3.16. The minimum absolute atomic E-state index is 0.0235. The number of benzene rings is 1. The van der Waals surface area contributed by atoms with Crippen molar-refractivity contribution in [1.29, 1.82) is 0 Å². The lowest BCUT2D eigenvalue weighted by molar-refractivity contribution is 0.175. The average Bonchev–Trinajstić information content (AvgIpc) is 2.81. The third-order valence-corrected chi connectivity index (χ3v) is 5.23. The number of hydrogen-bond acceptors (Lipinski definition) is 4. The van der Waals surface area contributed by atoms with Crippen molar-refractivity contribution in [2.75, 3.05) is 19.6 Å². The maximum Gasteiger partial charge on any atom is 0.261 e. The molecule has 136 valence electrons. The molecule has 5 nitrogen and oxygen atoms in total. The maximum absolute atomic E-state index is 12.9. The molecule has 0 saturated carbocycles. The van der Waals surface area contributed by atoms with Crippen LogP contribution >= 0.6 is 11.6 Å². The van der Waals surface area contributed by atoms with E-state index < -0.39 is 0 Å². The number of rotatable bonds is 4. The molecule has 25 heavy (non-hydrogen) atoms. The summed E-state index contributed by atoms with van der Waals surface area (Å²) in [7, 11) is 1.83. The Morgan fingerprint density at radius 3 is 3.00 bits per heavy atom. The van der Waals surface area contributed by atoms with E-state index in [-0.39, 0.29) is 11.6 Å². The van der Waals surface area contributed by atoms with Crippen molar-refractivity contribution in [3.63, 3.8) is 0 Å². The molecule has 0 aliphatic carbocycles. The standard InChI is InChI=1S/C19H27ClN4O/c1-4-6-17(24-10-5-9-21-13(2)12-24)18-22-16-8-7-14(20)11-15(16)19(25)23(18)3/h7-8,11,13,17,21H,4-6,9-10,12H2,1-3H3/t13-,17+/m0/s1. The van der Waals surface area contributed by atoms with Crippen molar-refractivity contribution in [1.82, 2.24) is 19.8 Å². The van der Waals surface area contributed by atoms with Gasteiger partial charge in [0.15, 0.2) is 0 Å². The molecular weight excluding hydrogens is 336 g/mol. The minimum atomic E-state index is -0.0235. The monoisotopic (exact) mass is 362 g/mol. The van der Waals surface area contributed by atoms with E-state index in [0.717, 1.165) is 50.2 Å².